The molecular formula is C20H16ClN3OS. The van der Waals surface area contributed by atoms with Crippen LogP contribution in [0.25, 0.3) is 10.8 Å². The molecule has 26 heavy (non-hydrogen) atoms. The topological polar surface area (TPSA) is 56.6 Å². The largest absolute Gasteiger partial charge is 0.375 e. The van der Waals surface area contributed by atoms with Crippen molar-refractivity contribution in [2.45, 2.75) is 12.5 Å². The maximum Gasteiger partial charge on any atom is 0.169 e. The molecule has 6 heteroatoms. The van der Waals surface area contributed by atoms with E-state index in [1.165, 1.54) is 0 Å². The first-order valence-corrected chi connectivity index (χ1v) is 8.91. The number of thiocarbonyl (C=S) groups is 1. The Morgan fingerprint density at radius 3 is 2.54 bits per heavy atom. The first-order valence-electron chi connectivity index (χ1n) is 8.12. The summed E-state index contributed by atoms with van der Waals surface area (Å²) in [6.45, 7) is 1.62. The first kappa shape index (κ1) is 17.0. The van der Waals surface area contributed by atoms with Crippen LogP contribution in [0, 0.1) is 0 Å². The molecule has 1 heterocycles. The van der Waals surface area contributed by atoms with Crippen LogP contribution < -0.4 is 10.6 Å². The van der Waals surface area contributed by atoms with Crippen molar-refractivity contribution >= 4 is 62.5 Å². The third-order valence-corrected chi connectivity index (χ3v) is 5.12. The van der Waals surface area contributed by atoms with E-state index < -0.39 is 5.60 Å². The number of nitrogens with one attached hydrogen (secondary N) is 2. The summed E-state index contributed by atoms with van der Waals surface area (Å²) >= 11 is 11.4. The van der Waals surface area contributed by atoms with Gasteiger partial charge in [0.25, 0.3) is 0 Å². The fraction of sp³-hybridized carbons (Fsp3) is 0.100. The normalized spacial score (nSPS) is 15.0. The van der Waals surface area contributed by atoms with Crippen LogP contribution in [0.15, 0.2) is 65.7 Å². The van der Waals surface area contributed by atoms with Crippen molar-refractivity contribution in [3.63, 3.8) is 0 Å². The molecule has 0 aromatic heterocycles. The summed E-state index contributed by atoms with van der Waals surface area (Å²) in [5.41, 5.74) is 0.989. The summed E-state index contributed by atoms with van der Waals surface area (Å²) in [5.74, 6) is 0.384. The van der Waals surface area contributed by atoms with E-state index in [1.54, 1.807) is 31.2 Å². The lowest BCUT2D eigenvalue weighted by Crippen LogP contribution is -2.49. The fourth-order valence-electron chi connectivity index (χ4n) is 2.92. The van der Waals surface area contributed by atoms with Gasteiger partial charge < -0.3 is 15.7 Å². The fourth-order valence-corrected chi connectivity index (χ4v) is 3.26. The van der Waals surface area contributed by atoms with Crippen molar-refractivity contribution in [2.75, 3.05) is 10.6 Å². The molecule has 0 aliphatic carbocycles. The van der Waals surface area contributed by atoms with Crippen LogP contribution in [0.1, 0.15) is 6.92 Å². The number of aliphatic hydroxyl groups is 1. The molecule has 1 atom stereocenters. The van der Waals surface area contributed by atoms with E-state index in [9.17, 15) is 5.11 Å². The van der Waals surface area contributed by atoms with Gasteiger partial charge in [-0.05, 0) is 48.7 Å². The first-order chi connectivity index (χ1) is 12.4. The summed E-state index contributed by atoms with van der Waals surface area (Å²) in [6.07, 6.45) is 0. The maximum atomic E-state index is 11.1. The number of anilines is 2. The van der Waals surface area contributed by atoms with Gasteiger partial charge in [-0.25, -0.2) is 4.99 Å². The van der Waals surface area contributed by atoms with Crippen LogP contribution in [0.4, 0.5) is 17.1 Å². The molecule has 4 rings (SSSR count). The molecule has 0 spiro atoms. The van der Waals surface area contributed by atoms with Gasteiger partial charge in [0.15, 0.2) is 5.60 Å². The Balaban J connectivity index is 1.67. The maximum absolute atomic E-state index is 11.1. The SMILES string of the molecule is CC(O)(C(=S)Nc1ccc(Cl)cc1)C1=Nc2cccc3cccc(c23)N1. The average Bonchev–Trinajstić information content (AvgIpc) is 2.64. The number of benzene rings is 3. The van der Waals surface area contributed by atoms with E-state index in [2.05, 4.69) is 15.6 Å². The minimum atomic E-state index is -1.47. The van der Waals surface area contributed by atoms with Gasteiger partial charge in [-0.3, -0.25) is 0 Å². The molecule has 0 amide bonds. The highest BCUT2D eigenvalue weighted by Crippen LogP contribution is 2.37. The average molecular weight is 382 g/mol. The van der Waals surface area contributed by atoms with E-state index >= 15 is 0 Å². The minimum absolute atomic E-state index is 0.248. The van der Waals surface area contributed by atoms with Crippen molar-refractivity contribution in [1.29, 1.82) is 0 Å². The van der Waals surface area contributed by atoms with E-state index in [1.807, 2.05) is 36.4 Å². The number of hydrogen-bond donors (Lipinski definition) is 3. The van der Waals surface area contributed by atoms with Gasteiger partial charge >= 0.3 is 0 Å². The van der Waals surface area contributed by atoms with Crippen molar-refractivity contribution in [3.8, 4) is 0 Å². The molecule has 3 aromatic carbocycles. The second-order valence-electron chi connectivity index (χ2n) is 6.30. The minimum Gasteiger partial charge on any atom is -0.375 e. The smallest absolute Gasteiger partial charge is 0.169 e. The third-order valence-electron chi connectivity index (χ3n) is 4.37. The monoisotopic (exact) mass is 381 g/mol. The van der Waals surface area contributed by atoms with E-state index in [-0.39, 0.29) is 4.99 Å². The molecule has 0 saturated carbocycles. The molecule has 3 aromatic rings. The zero-order chi connectivity index (χ0) is 18.3. The Labute approximate surface area is 161 Å². The Morgan fingerprint density at radius 1 is 1.12 bits per heavy atom. The standard InChI is InChI=1S/C20H16ClN3OS/c1-20(25,19(26)22-14-10-8-13(21)9-11-14)18-23-15-6-2-4-12-5-3-7-16(24-18)17(12)15/h2-11,25H,1H3,(H,22,26)(H,23,24). The van der Waals surface area contributed by atoms with Crippen molar-refractivity contribution in [3.05, 3.63) is 65.7 Å². The van der Waals surface area contributed by atoms with Crippen LogP contribution >= 0.6 is 23.8 Å². The molecule has 1 unspecified atom stereocenters. The highest BCUT2D eigenvalue weighted by molar-refractivity contribution is 7.80. The van der Waals surface area contributed by atoms with Gasteiger partial charge in [-0.15, -0.1) is 0 Å². The molecule has 0 radical (unpaired) electrons. The molecule has 130 valence electrons. The summed E-state index contributed by atoms with van der Waals surface area (Å²) in [7, 11) is 0. The number of amidine groups is 1. The van der Waals surface area contributed by atoms with Crippen LogP contribution in [0.2, 0.25) is 5.02 Å². The number of hydrogen-bond acceptors (Lipinski definition) is 4. The highest BCUT2D eigenvalue weighted by atomic mass is 35.5. The van der Waals surface area contributed by atoms with E-state index in [4.69, 9.17) is 23.8 Å². The lowest BCUT2D eigenvalue weighted by molar-refractivity contribution is 0.206. The van der Waals surface area contributed by atoms with Crippen molar-refractivity contribution in [2.24, 2.45) is 4.99 Å². The molecule has 1 aliphatic heterocycles. The van der Waals surface area contributed by atoms with Crippen molar-refractivity contribution in [1.82, 2.24) is 0 Å². The zero-order valence-electron chi connectivity index (χ0n) is 14.0. The molecule has 0 saturated heterocycles. The number of rotatable bonds is 3. The number of halogens is 1. The van der Waals surface area contributed by atoms with Gasteiger partial charge in [0, 0.05) is 21.8 Å². The van der Waals surface area contributed by atoms with E-state index in [0.717, 1.165) is 27.8 Å². The summed E-state index contributed by atoms with van der Waals surface area (Å²) in [4.78, 5) is 4.87. The van der Waals surface area contributed by atoms with Crippen LogP contribution in [-0.2, 0) is 0 Å². The molecule has 0 bridgehead atoms. The van der Waals surface area contributed by atoms with Gasteiger partial charge in [-0.2, -0.15) is 0 Å². The Kier molecular flexibility index (Phi) is 4.15. The Bertz CT molecular complexity index is 1040. The molecule has 3 N–H and O–H groups in total. The van der Waals surface area contributed by atoms with E-state index in [0.29, 0.717) is 10.9 Å². The van der Waals surface area contributed by atoms with Gasteiger partial charge in [0.05, 0.1) is 5.69 Å². The van der Waals surface area contributed by atoms with Gasteiger partial charge in [0.2, 0.25) is 0 Å². The van der Waals surface area contributed by atoms with Crippen LogP contribution in [-0.4, -0.2) is 21.5 Å². The van der Waals surface area contributed by atoms with Gasteiger partial charge in [0.1, 0.15) is 10.8 Å². The lowest BCUT2D eigenvalue weighted by Gasteiger charge is -2.30. The lowest BCUT2D eigenvalue weighted by atomic mass is 10.00. The molecule has 0 fully saturated rings. The quantitative estimate of drug-likeness (QED) is 0.550. The Hall–Kier alpha value is -2.47. The molecule has 1 aliphatic rings. The molecular weight excluding hydrogens is 366 g/mol. The van der Waals surface area contributed by atoms with Crippen LogP contribution in [0.5, 0.6) is 0 Å². The summed E-state index contributed by atoms with van der Waals surface area (Å²) in [6, 6.07) is 19.0. The summed E-state index contributed by atoms with van der Waals surface area (Å²) in [5, 5.41) is 20.1. The van der Waals surface area contributed by atoms with Crippen LogP contribution in [0.3, 0.4) is 0 Å². The second-order valence-corrected chi connectivity index (χ2v) is 7.14. The second kappa shape index (κ2) is 6.36. The number of aliphatic imine (C=N–C) groups is 1. The zero-order valence-corrected chi connectivity index (χ0v) is 15.5. The van der Waals surface area contributed by atoms with Gasteiger partial charge in [-0.1, -0.05) is 48.1 Å². The van der Waals surface area contributed by atoms with Crippen molar-refractivity contribution < 1.29 is 5.11 Å². The summed E-state index contributed by atoms with van der Waals surface area (Å²) < 4.78 is 0. The molecule has 4 nitrogen and oxygen atoms in total. The highest BCUT2D eigenvalue weighted by Gasteiger charge is 2.35. The Morgan fingerprint density at radius 2 is 1.81 bits per heavy atom. The predicted octanol–water partition coefficient (Wildman–Crippen LogP) is 5.14. The predicted molar refractivity (Wildman–Crippen MR) is 113 cm³/mol. The number of nitrogens with zero attached hydrogens (tertiary/aromatic N) is 1. The third kappa shape index (κ3) is 2.94.